The SMILES string of the molecule is O=C(O)N1CCN(c2ccc(N3CCC(N4CC[C@H](O)C4)CC3)cn2)c2ccccc21. The van der Waals surface area contributed by atoms with Crippen molar-refractivity contribution in [1.29, 1.82) is 0 Å². The average molecular weight is 424 g/mol. The van der Waals surface area contributed by atoms with Crippen LogP contribution < -0.4 is 14.7 Å². The number of likely N-dealkylation sites (tertiary alicyclic amines) is 1. The van der Waals surface area contributed by atoms with Gasteiger partial charge in [0.2, 0.25) is 0 Å². The zero-order valence-corrected chi connectivity index (χ0v) is 17.6. The topological polar surface area (TPSA) is 83.4 Å². The highest BCUT2D eigenvalue weighted by Gasteiger charge is 2.30. The number of piperidine rings is 1. The highest BCUT2D eigenvalue weighted by atomic mass is 16.4. The van der Waals surface area contributed by atoms with Crippen LogP contribution in [-0.4, -0.2) is 77.6 Å². The molecule has 2 N–H and O–H groups in total. The molecule has 1 aromatic heterocycles. The van der Waals surface area contributed by atoms with Gasteiger partial charge in [0.05, 0.1) is 29.4 Å². The highest BCUT2D eigenvalue weighted by Crippen LogP contribution is 2.37. The first-order valence-electron chi connectivity index (χ1n) is 11.1. The molecule has 5 rings (SSSR count). The Bertz CT molecular complexity index is 929. The second kappa shape index (κ2) is 8.36. The van der Waals surface area contributed by atoms with E-state index in [1.165, 1.54) is 4.90 Å². The minimum absolute atomic E-state index is 0.155. The molecule has 0 radical (unpaired) electrons. The Labute approximate surface area is 182 Å². The normalized spacial score (nSPS) is 22.6. The number of rotatable bonds is 3. The first-order chi connectivity index (χ1) is 15.1. The van der Waals surface area contributed by atoms with Gasteiger partial charge >= 0.3 is 6.09 Å². The van der Waals surface area contributed by atoms with Crippen molar-refractivity contribution in [3.05, 3.63) is 42.6 Å². The van der Waals surface area contributed by atoms with Crippen molar-refractivity contribution in [2.24, 2.45) is 0 Å². The van der Waals surface area contributed by atoms with E-state index in [1.807, 2.05) is 36.5 Å². The third-order valence-corrected chi connectivity index (χ3v) is 6.79. The Morgan fingerprint density at radius 1 is 0.935 bits per heavy atom. The number of nitrogens with zero attached hydrogens (tertiary/aromatic N) is 5. The van der Waals surface area contributed by atoms with Crippen molar-refractivity contribution in [3.63, 3.8) is 0 Å². The predicted octanol–water partition coefficient (Wildman–Crippen LogP) is 2.75. The molecule has 0 bridgehead atoms. The van der Waals surface area contributed by atoms with Crippen LogP contribution in [0, 0.1) is 0 Å². The second-order valence-electron chi connectivity index (χ2n) is 8.60. The lowest BCUT2D eigenvalue weighted by Gasteiger charge is -2.38. The molecule has 1 aromatic carbocycles. The van der Waals surface area contributed by atoms with E-state index in [1.54, 1.807) is 0 Å². The predicted molar refractivity (Wildman–Crippen MR) is 120 cm³/mol. The molecule has 4 heterocycles. The number of hydrogen-bond acceptors (Lipinski definition) is 6. The van der Waals surface area contributed by atoms with E-state index in [9.17, 15) is 15.0 Å². The van der Waals surface area contributed by atoms with Crippen LogP contribution in [0.4, 0.5) is 27.7 Å². The van der Waals surface area contributed by atoms with E-state index in [-0.39, 0.29) is 6.10 Å². The van der Waals surface area contributed by atoms with Gasteiger partial charge in [-0.1, -0.05) is 12.1 Å². The zero-order chi connectivity index (χ0) is 21.4. The molecule has 3 aliphatic heterocycles. The summed E-state index contributed by atoms with van der Waals surface area (Å²) in [5.74, 6) is 0.835. The number of carbonyl (C=O) groups is 1. The number of para-hydroxylation sites is 2. The maximum Gasteiger partial charge on any atom is 0.411 e. The Balaban J connectivity index is 1.27. The van der Waals surface area contributed by atoms with Crippen molar-refractivity contribution < 1.29 is 15.0 Å². The maximum atomic E-state index is 11.6. The van der Waals surface area contributed by atoms with Crippen molar-refractivity contribution in [1.82, 2.24) is 9.88 Å². The van der Waals surface area contributed by atoms with Crippen molar-refractivity contribution >= 4 is 29.0 Å². The first-order valence-corrected chi connectivity index (χ1v) is 11.1. The molecule has 3 aliphatic rings. The minimum Gasteiger partial charge on any atom is -0.465 e. The largest absolute Gasteiger partial charge is 0.465 e. The number of hydrogen-bond donors (Lipinski definition) is 2. The van der Waals surface area contributed by atoms with Crippen molar-refractivity contribution in [2.75, 3.05) is 54.0 Å². The second-order valence-corrected chi connectivity index (χ2v) is 8.60. The summed E-state index contributed by atoms with van der Waals surface area (Å²) in [6, 6.07) is 12.3. The molecule has 2 saturated heterocycles. The van der Waals surface area contributed by atoms with Gasteiger partial charge in [0, 0.05) is 45.3 Å². The van der Waals surface area contributed by atoms with Crippen LogP contribution in [0.1, 0.15) is 19.3 Å². The fraction of sp³-hybridized carbons (Fsp3) is 0.478. The summed E-state index contributed by atoms with van der Waals surface area (Å²) < 4.78 is 0. The van der Waals surface area contributed by atoms with E-state index < -0.39 is 6.09 Å². The fourth-order valence-electron chi connectivity index (χ4n) is 5.11. The molecule has 8 heteroatoms. The molecule has 1 atom stereocenters. The Morgan fingerprint density at radius 3 is 2.35 bits per heavy atom. The molecule has 0 spiro atoms. The minimum atomic E-state index is -0.928. The van der Waals surface area contributed by atoms with Crippen LogP contribution in [-0.2, 0) is 0 Å². The summed E-state index contributed by atoms with van der Waals surface area (Å²) in [5, 5.41) is 19.3. The van der Waals surface area contributed by atoms with Crippen LogP contribution in [0.3, 0.4) is 0 Å². The van der Waals surface area contributed by atoms with Crippen LogP contribution >= 0.6 is 0 Å². The fourth-order valence-corrected chi connectivity index (χ4v) is 5.11. The molecule has 2 fully saturated rings. The average Bonchev–Trinajstić information content (AvgIpc) is 3.25. The number of β-amino-alcohol motifs (C(OH)–C–C–N with tert-alkyl or cyclic N) is 1. The van der Waals surface area contributed by atoms with Gasteiger partial charge in [-0.05, 0) is 43.5 Å². The number of carboxylic acid groups (broad SMARTS) is 1. The number of benzene rings is 1. The number of aliphatic hydroxyl groups excluding tert-OH is 1. The van der Waals surface area contributed by atoms with E-state index >= 15 is 0 Å². The number of aliphatic hydroxyl groups is 1. The number of fused-ring (bicyclic) bond motifs is 1. The zero-order valence-electron chi connectivity index (χ0n) is 17.6. The molecular weight excluding hydrogens is 394 g/mol. The quantitative estimate of drug-likeness (QED) is 0.785. The van der Waals surface area contributed by atoms with Crippen LogP contribution in [0.15, 0.2) is 42.6 Å². The van der Waals surface area contributed by atoms with E-state index in [4.69, 9.17) is 4.98 Å². The molecule has 0 saturated carbocycles. The summed E-state index contributed by atoms with van der Waals surface area (Å²) in [7, 11) is 0. The number of aromatic nitrogens is 1. The van der Waals surface area contributed by atoms with Gasteiger partial charge in [0.15, 0.2) is 0 Å². The molecule has 0 aliphatic carbocycles. The number of anilines is 4. The van der Waals surface area contributed by atoms with Crippen LogP contribution in [0.25, 0.3) is 0 Å². The lowest BCUT2D eigenvalue weighted by atomic mass is 10.0. The maximum absolute atomic E-state index is 11.6. The molecule has 31 heavy (non-hydrogen) atoms. The Hall–Kier alpha value is -2.84. The van der Waals surface area contributed by atoms with E-state index in [0.717, 1.165) is 62.6 Å². The summed E-state index contributed by atoms with van der Waals surface area (Å²) in [5.41, 5.74) is 2.69. The summed E-state index contributed by atoms with van der Waals surface area (Å²) in [6.07, 6.45) is 3.97. The van der Waals surface area contributed by atoms with Crippen molar-refractivity contribution in [3.8, 4) is 0 Å². The van der Waals surface area contributed by atoms with Gasteiger partial charge in [-0.15, -0.1) is 0 Å². The molecule has 0 unspecified atom stereocenters. The monoisotopic (exact) mass is 423 g/mol. The lowest BCUT2D eigenvalue weighted by Crippen LogP contribution is -2.44. The van der Waals surface area contributed by atoms with Gasteiger partial charge in [0.1, 0.15) is 5.82 Å². The number of amides is 1. The number of pyridine rings is 1. The Kier molecular flexibility index (Phi) is 5.41. The molecular formula is C23H29N5O3. The van der Waals surface area contributed by atoms with Gasteiger partial charge in [-0.2, -0.15) is 0 Å². The van der Waals surface area contributed by atoms with Crippen LogP contribution in [0.2, 0.25) is 0 Å². The standard InChI is InChI=1S/C23H29N5O3/c29-19-9-12-26(16-19)17-7-10-25(11-8-17)18-5-6-22(24-15-18)27-13-14-28(23(30)31)21-4-2-1-3-20(21)27/h1-6,15,17,19,29H,7-14,16H2,(H,30,31)/t19-/m0/s1. The first kappa shape index (κ1) is 20.1. The van der Waals surface area contributed by atoms with Crippen molar-refractivity contribution in [2.45, 2.75) is 31.4 Å². The van der Waals surface area contributed by atoms with E-state index in [2.05, 4.69) is 20.8 Å². The van der Waals surface area contributed by atoms with Gasteiger partial charge < -0.3 is 20.0 Å². The Morgan fingerprint density at radius 2 is 1.71 bits per heavy atom. The summed E-state index contributed by atoms with van der Waals surface area (Å²) >= 11 is 0. The molecule has 8 nitrogen and oxygen atoms in total. The molecule has 2 aromatic rings. The third kappa shape index (κ3) is 3.93. The third-order valence-electron chi connectivity index (χ3n) is 6.79. The summed E-state index contributed by atoms with van der Waals surface area (Å²) in [6.45, 7) is 4.81. The lowest BCUT2D eigenvalue weighted by molar-refractivity contribution is 0.148. The molecule has 1 amide bonds. The summed E-state index contributed by atoms with van der Waals surface area (Å²) in [4.78, 5) is 24.6. The van der Waals surface area contributed by atoms with E-state index in [0.29, 0.717) is 24.8 Å². The smallest absolute Gasteiger partial charge is 0.411 e. The van der Waals surface area contributed by atoms with Gasteiger partial charge in [-0.25, -0.2) is 9.78 Å². The van der Waals surface area contributed by atoms with Gasteiger partial charge in [0.25, 0.3) is 0 Å². The molecule has 164 valence electrons. The van der Waals surface area contributed by atoms with Gasteiger partial charge in [-0.3, -0.25) is 9.80 Å². The highest BCUT2D eigenvalue weighted by molar-refractivity contribution is 5.93. The van der Waals surface area contributed by atoms with Crippen LogP contribution in [0.5, 0.6) is 0 Å².